The van der Waals surface area contributed by atoms with Crippen LogP contribution >= 0.6 is 0 Å². The molecule has 0 saturated carbocycles. The standard InChI is InChI=1S/C27H42N10.C27H66N10.C9H12N4.C9H24N4.C3H3N.H3N/c1-31-13-25-36(18-6-12-30)23-8-21-35(20-7-19-34(16-4-10-28)17-5-11-29)22-9-24-37(26-14-32-2)27-15-33-3;28-10-1-16-34(17-2-11-29)22-7-25-37(26-8-23-35(18-3-12-30)19-4-13-31)27-9-24-36(20-5-14-32)21-6-15-33;1-12-6-9-13(7-2-4-10)8-3-5-11;10-4-1-7-13(8-2-5-11)9-3-6-12;1-2-3-4;/h4-9,13-27H2;1-33H2;2-3,6-9H2;1-12H2;2H,1H2;1H3. The lowest BCUT2D eigenvalue weighted by molar-refractivity contribution is 0.192. The highest BCUT2D eigenvalue weighted by molar-refractivity contribution is 4.93. The van der Waals surface area contributed by atoms with Crippen LogP contribution < -0.4 is 57.8 Å². The molecule has 21 N–H and O–H groups in total. The van der Waals surface area contributed by atoms with E-state index < -0.39 is 0 Å². The molecule has 0 radical (unpaired) electrons. The van der Waals surface area contributed by atoms with Gasteiger partial charge in [-0.2, -0.15) is 31.6 Å². The van der Waals surface area contributed by atoms with Gasteiger partial charge in [-0.25, -0.2) is 26.3 Å². The third-order valence-electron chi connectivity index (χ3n) is 16.7. The predicted octanol–water partition coefficient (Wildman–Crippen LogP) is 3.55. The molecule has 0 spiro atoms. The summed E-state index contributed by atoms with van der Waals surface area (Å²) in [6.07, 6.45) is 19.4. The van der Waals surface area contributed by atoms with E-state index in [1.54, 1.807) is 6.07 Å². The molecule has 0 bridgehead atoms. The van der Waals surface area contributed by atoms with Crippen molar-refractivity contribution >= 4 is 0 Å². The van der Waals surface area contributed by atoms with Gasteiger partial charge >= 0.3 is 0 Å². The molecule has 0 aliphatic heterocycles. The summed E-state index contributed by atoms with van der Waals surface area (Å²) in [4.78, 5) is 37.3. The molecule has 600 valence electrons. The van der Waals surface area contributed by atoms with E-state index in [0.29, 0.717) is 117 Å². The molecule has 30 nitrogen and oxygen atoms in total. The zero-order valence-electron chi connectivity index (χ0n) is 65.7. The maximum atomic E-state index is 8.93. The second-order valence-electron chi connectivity index (χ2n) is 25.2. The molecule has 0 atom stereocenters. The number of hydrogen-bond donors (Lipinski definition) is 10. The highest BCUT2D eigenvalue weighted by Crippen LogP contribution is 2.08. The van der Waals surface area contributed by atoms with Crippen molar-refractivity contribution in [3.63, 3.8) is 0 Å². The van der Waals surface area contributed by atoms with Crippen molar-refractivity contribution in [2.75, 3.05) is 281 Å². The largest absolute Gasteiger partial charge is 0.344 e. The lowest BCUT2D eigenvalue weighted by Gasteiger charge is -2.28. The van der Waals surface area contributed by atoms with Gasteiger partial charge in [0.15, 0.2) is 0 Å². The highest BCUT2D eigenvalue weighted by atomic mass is 15.2. The molecule has 105 heavy (non-hydrogen) atoms. The smallest absolute Gasteiger partial charge is 0.227 e. The predicted molar refractivity (Wildman–Crippen MR) is 433 cm³/mol. The van der Waals surface area contributed by atoms with Crippen molar-refractivity contribution in [2.45, 2.75) is 128 Å². The number of nitriles is 6. The lowest BCUT2D eigenvalue weighted by Crippen LogP contribution is -2.37. The fraction of sp³-hybridized carbons (Fsp3) is 0.840. The lowest BCUT2D eigenvalue weighted by atomic mass is 10.2. The number of nitrogens with zero attached hydrogens (tertiary/aromatic N) is 20. The summed E-state index contributed by atoms with van der Waals surface area (Å²) in [6, 6.07) is 12.4. The summed E-state index contributed by atoms with van der Waals surface area (Å²) in [6.45, 7) is 67.4. The Morgan fingerprint density at radius 2 is 0.343 bits per heavy atom. The molecule has 0 saturated heterocycles. The molecule has 0 fully saturated rings. The van der Waals surface area contributed by atoms with Gasteiger partial charge in [-0.05, 0) is 293 Å². The quantitative estimate of drug-likeness (QED) is 0.0307. The van der Waals surface area contributed by atoms with Crippen molar-refractivity contribution in [1.82, 2.24) is 55.1 Å². The van der Waals surface area contributed by atoms with E-state index in [1.165, 1.54) is 25.3 Å². The van der Waals surface area contributed by atoms with Crippen LogP contribution in [0.2, 0.25) is 0 Å². The van der Waals surface area contributed by atoms with E-state index in [4.69, 9.17) is 109 Å². The van der Waals surface area contributed by atoms with Crippen LogP contribution in [0.5, 0.6) is 0 Å². The Bertz CT molecular complexity index is 1960. The van der Waals surface area contributed by atoms with Gasteiger partial charge in [0, 0.05) is 70.9 Å². The van der Waals surface area contributed by atoms with Gasteiger partial charge < -0.3 is 111 Å². The van der Waals surface area contributed by atoms with Crippen molar-refractivity contribution < 1.29 is 0 Å². The summed E-state index contributed by atoms with van der Waals surface area (Å²) in [5.74, 6) is 0. The zero-order valence-corrected chi connectivity index (χ0v) is 65.7. The van der Waals surface area contributed by atoms with Crippen LogP contribution in [0, 0.1) is 94.3 Å². The van der Waals surface area contributed by atoms with Crippen LogP contribution in [0.25, 0.3) is 19.4 Å². The minimum atomic E-state index is 0. The van der Waals surface area contributed by atoms with Crippen LogP contribution in [-0.4, -0.2) is 330 Å². The first kappa shape index (κ1) is 110. The first-order valence-corrected chi connectivity index (χ1v) is 38.6. The average molecular weight is 1470 g/mol. The minimum absolute atomic E-state index is 0. The molecule has 0 aromatic carbocycles. The summed E-state index contributed by atoms with van der Waals surface area (Å²) in [5.41, 5.74) is 51.0. The number of rotatable bonds is 69. The van der Waals surface area contributed by atoms with Crippen LogP contribution in [0.15, 0.2) is 12.7 Å². The van der Waals surface area contributed by atoms with Crippen LogP contribution in [0.4, 0.5) is 0 Å². The summed E-state index contributed by atoms with van der Waals surface area (Å²) in [5, 5.41) is 51.0. The third kappa shape index (κ3) is 85.0. The Kier molecular flexibility index (Phi) is 100. The molecule has 0 amide bonds. The van der Waals surface area contributed by atoms with Gasteiger partial charge in [-0.3, -0.25) is 14.7 Å². The summed E-state index contributed by atoms with van der Waals surface area (Å²) < 4.78 is 0. The van der Waals surface area contributed by atoms with Gasteiger partial charge in [0.05, 0.1) is 62.6 Å². The monoisotopic (exact) mass is 1470 g/mol. The molecule has 0 aromatic rings. The fourth-order valence-electron chi connectivity index (χ4n) is 11.1. The number of allylic oxidation sites excluding steroid dienone is 1. The molecular weight excluding hydrogens is 1320 g/mol. The Morgan fingerprint density at radius 3 is 0.467 bits per heavy atom. The summed E-state index contributed by atoms with van der Waals surface area (Å²) in [7, 11) is 0. The second-order valence-corrected chi connectivity index (χ2v) is 25.2. The van der Waals surface area contributed by atoms with Crippen molar-refractivity contribution in [1.29, 1.82) is 31.6 Å². The molecule has 0 aliphatic carbocycles. The molecule has 0 aromatic heterocycles. The van der Waals surface area contributed by atoms with E-state index in [-0.39, 0.29) is 6.15 Å². The van der Waals surface area contributed by atoms with Crippen molar-refractivity contribution in [3.8, 4) is 36.4 Å². The van der Waals surface area contributed by atoms with E-state index in [1.807, 2.05) is 17.0 Å². The van der Waals surface area contributed by atoms with Gasteiger partial charge in [0.1, 0.15) is 0 Å². The van der Waals surface area contributed by atoms with Crippen LogP contribution in [0.3, 0.4) is 0 Å². The molecule has 0 heterocycles. The maximum Gasteiger partial charge on any atom is 0.227 e. The SMILES string of the molecule is C=CC#N.N.NCCCN(CCCN)CCCN.NCCCN(CCCN)CCCN(CCCN(CCCN)CCCN)CCCN(CCCN)CCCN.[C-]#[N+]CCN(CCC#N)CCC#N.[C-]#[N+]CCN(CCC#N)CCCN(CCCN(CCC#N)CCC#N)CCCN(CC[N+]#[C-])CC[N+]#[C-]. The van der Waals surface area contributed by atoms with Crippen LogP contribution in [0.1, 0.15) is 128 Å². The number of hydrogen-bond acceptors (Lipinski definition) is 26. The first-order valence-electron chi connectivity index (χ1n) is 38.6. The molecular formula is C75H150N30. The van der Waals surface area contributed by atoms with Gasteiger partial charge in [0.25, 0.3) is 0 Å². The second kappa shape index (κ2) is 95.9. The average Bonchev–Trinajstić information content (AvgIpc) is 1.12. The first-order chi connectivity index (χ1) is 50.9. The van der Waals surface area contributed by atoms with Crippen molar-refractivity contribution in [3.05, 3.63) is 58.3 Å². The maximum absolute atomic E-state index is 8.93. The Morgan fingerprint density at radius 1 is 0.229 bits per heavy atom. The van der Waals surface area contributed by atoms with E-state index in [0.717, 1.165) is 273 Å². The highest BCUT2D eigenvalue weighted by Gasteiger charge is 2.16. The van der Waals surface area contributed by atoms with Crippen LogP contribution in [-0.2, 0) is 0 Å². The molecule has 0 aliphatic rings. The summed E-state index contributed by atoms with van der Waals surface area (Å²) >= 11 is 0. The molecule has 30 heteroatoms. The topological polar surface area (TPSA) is 462 Å². The third-order valence-corrected chi connectivity index (χ3v) is 16.7. The number of nitrogens with two attached hydrogens (primary N) is 9. The van der Waals surface area contributed by atoms with E-state index >= 15 is 0 Å². The fourth-order valence-corrected chi connectivity index (χ4v) is 11.1. The molecule has 0 rings (SSSR count). The van der Waals surface area contributed by atoms with Gasteiger partial charge in [-0.15, -0.1) is 0 Å². The van der Waals surface area contributed by atoms with Gasteiger partial charge in [-0.1, -0.05) is 6.58 Å². The van der Waals surface area contributed by atoms with E-state index in [2.05, 4.69) is 88.3 Å². The normalized spacial score (nSPS) is 10.6. The van der Waals surface area contributed by atoms with Gasteiger partial charge in [0.2, 0.25) is 26.2 Å². The minimum Gasteiger partial charge on any atom is -0.344 e. The van der Waals surface area contributed by atoms with E-state index in [9.17, 15) is 0 Å². The Labute approximate surface area is 640 Å². The zero-order chi connectivity index (χ0) is 78.1. The Hall–Kier alpha value is -6.16. The molecule has 0 unspecified atom stereocenters. The van der Waals surface area contributed by atoms with Crippen molar-refractivity contribution in [2.24, 2.45) is 51.6 Å². The Balaban J connectivity index is -0.000000334.